The van der Waals surface area contributed by atoms with Gasteiger partial charge in [-0.25, -0.2) is 4.68 Å². The third-order valence-electron chi connectivity index (χ3n) is 3.78. The number of benzene rings is 1. The van der Waals surface area contributed by atoms with E-state index < -0.39 is 11.7 Å². The standard InChI is InChI=1S/C16H18F3N3/c1-15(2,3)13-12-7-8-20-14(12)22(21-13)11-6-4-5-10(9-11)16(17,18)19/h4-6,9,20H,7-8H2,1-3H3. The van der Waals surface area contributed by atoms with Crippen molar-refractivity contribution in [1.82, 2.24) is 9.78 Å². The topological polar surface area (TPSA) is 29.9 Å². The van der Waals surface area contributed by atoms with Gasteiger partial charge in [-0.15, -0.1) is 0 Å². The fraction of sp³-hybridized carbons (Fsp3) is 0.438. The third-order valence-corrected chi connectivity index (χ3v) is 3.78. The molecular formula is C16H18F3N3. The Kier molecular flexibility index (Phi) is 3.23. The summed E-state index contributed by atoms with van der Waals surface area (Å²) in [6.45, 7) is 6.97. The van der Waals surface area contributed by atoms with Crippen LogP contribution >= 0.6 is 0 Å². The van der Waals surface area contributed by atoms with E-state index in [1.165, 1.54) is 6.07 Å². The lowest BCUT2D eigenvalue weighted by Gasteiger charge is -2.16. The molecule has 2 aromatic rings. The van der Waals surface area contributed by atoms with Crippen LogP contribution < -0.4 is 5.32 Å². The van der Waals surface area contributed by atoms with Gasteiger partial charge in [-0.2, -0.15) is 18.3 Å². The zero-order valence-electron chi connectivity index (χ0n) is 12.8. The number of hydrogen-bond donors (Lipinski definition) is 1. The number of hydrogen-bond acceptors (Lipinski definition) is 2. The number of nitrogens with zero attached hydrogens (tertiary/aromatic N) is 2. The first-order valence-electron chi connectivity index (χ1n) is 7.22. The summed E-state index contributed by atoms with van der Waals surface area (Å²) in [6, 6.07) is 5.28. The van der Waals surface area contributed by atoms with E-state index in [9.17, 15) is 13.2 Å². The van der Waals surface area contributed by atoms with E-state index in [-0.39, 0.29) is 5.41 Å². The second-order valence-electron chi connectivity index (χ2n) is 6.56. The molecule has 1 aliphatic rings. The fourth-order valence-corrected chi connectivity index (χ4v) is 2.78. The summed E-state index contributed by atoms with van der Waals surface area (Å²) in [4.78, 5) is 0. The zero-order chi connectivity index (χ0) is 16.1. The Hall–Kier alpha value is -1.98. The fourth-order valence-electron chi connectivity index (χ4n) is 2.78. The highest BCUT2D eigenvalue weighted by Gasteiger charge is 2.32. The zero-order valence-corrected chi connectivity index (χ0v) is 12.8. The van der Waals surface area contributed by atoms with E-state index in [0.717, 1.165) is 42.2 Å². The van der Waals surface area contributed by atoms with Crippen molar-refractivity contribution in [3.8, 4) is 5.69 Å². The molecule has 1 N–H and O–H groups in total. The van der Waals surface area contributed by atoms with E-state index in [1.54, 1.807) is 10.7 Å². The lowest BCUT2D eigenvalue weighted by molar-refractivity contribution is -0.137. The van der Waals surface area contributed by atoms with E-state index in [0.29, 0.717) is 5.69 Å². The van der Waals surface area contributed by atoms with Gasteiger partial charge < -0.3 is 5.32 Å². The van der Waals surface area contributed by atoms with Crippen LogP contribution in [0.1, 0.15) is 37.6 Å². The molecule has 3 nitrogen and oxygen atoms in total. The van der Waals surface area contributed by atoms with Crippen molar-refractivity contribution in [3.63, 3.8) is 0 Å². The van der Waals surface area contributed by atoms with Crippen LogP contribution in [0.2, 0.25) is 0 Å². The minimum atomic E-state index is -4.35. The van der Waals surface area contributed by atoms with Gasteiger partial charge in [0.15, 0.2) is 0 Å². The van der Waals surface area contributed by atoms with Gasteiger partial charge in [0, 0.05) is 17.5 Å². The number of alkyl halides is 3. The van der Waals surface area contributed by atoms with Crippen molar-refractivity contribution >= 4 is 5.82 Å². The molecular weight excluding hydrogens is 291 g/mol. The minimum absolute atomic E-state index is 0.150. The van der Waals surface area contributed by atoms with Gasteiger partial charge in [-0.1, -0.05) is 26.8 Å². The second-order valence-corrected chi connectivity index (χ2v) is 6.56. The van der Waals surface area contributed by atoms with Crippen molar-refractivity contribution in [1.29, 1.82) is 0 Å². The maximum Gasteiger partial charge on any atom is 0.416 e. The first-order valence-corrected chi connectivity index (χ1v) is 7.22. The Balaban J connectivity index is 2.14. The minimum Gasteiger partial charge on any atom is -0.369 e. The van der Waals surface area contributed by atoms with E-state index in [4.69, 9.17) is 0 Å². The number of halogens is 3. The Morgan fingerprint density at radius 1 is 1.18 bits per heavy atom. The molecule has 6 heteroatoms. The SMILES string of the molecule is CC(C)(C)c1nn(-c2cccc(C(F)(F)F)c2)c2c1CCN2. The molecule has 2 heterocycles. The van der Waals surface area contributed by atoms with Crippen LogP contribution in [0.5, 0.6) is 0 Å². The quantitative estimate of drug-likeness (QED) is 0.857. The first kappa shape index (κ1) is 14.9. The van der Waals surface area contributed by atoms with Gasteiger partial charge >= 0.3 is 6.18 Å². The van der Waals surface area contributed by atoms with Gasteiger partial charge in [-0.05, 0) is 24.6 Å². The molecule has 0 atom stereocenters. The molecule has 1 aromatic heterocycles. The molecule has 0 unspecified atom stereocenters. The molecule has 0 bridgehead atoms. The van der Waals surface area contributed by atoms with Crippen LogP contribution in [-0.4, -0.2) is 16.3 Å². The van der Waals surface area contributed by atoms with Crippen LogP contribution in [0.3, 0.4) is 0 Å². The summed E-state index contributed by atoms with van der Waals surface area (Å²) in [5.74, 6) is 0.809. The predicted molar refractivity (Wildman–Crippen MR) is 79.5 cm³/mol. The van der Waals surface area contributed by atoms with Gasteiger partial charge in [-0.3, -0.25) is 0 Å². The average Bonchev–Trinajstić information content (AvgIpc) is 2.97. The Morgan fingerprint density at radius 2 is 1.91 bits per heavy atom. The van der Waals surface area contributed by atoms with Crippen LogP contribution in [0.25, 0.3) is 5.69 Å². The highest BCUT2D eigenvalue weighted by Crippen LogP contribution is 2.36. The molecule has 0 spiro atoms. The summed E-state index contributed by atoms with van der Waals surface area (Å²) in [5, 5.41) is 7.82. The Morgan fingerprint density at radius 3 is 2.55 bits per heavy atom. The predicted octanol–water partition coefficient (Wildman–Crippen LogP) is 4.16. The highest BCUT2D eigenvalue weighted by atomic mass is 19.4. The van der Waals surface area contributed by atoms with Crippen molar-refractivity contribution in [2.75, 3.05) is 11.9 Å². The molecule has 0 saturated carbocycles. The second kappa shape index (κ2) is 4.76. The molecule has 118 valence electrons. The average molecular weight is 309 g/mol. The highest BCUT2D eigenvalue weighted by molar-refractivity contribution is 5.58. The van der Waals surface area contributed by atoms with Gasteiger partial charge in [0.05, 0.1) is 16.9 Å². The molecule has 0 aliphatic carbocycles. The van der Waals surface area contributed by atoms with Gasteiger partial charge in [0.1, 0.15) is 5.82 Å². The maximum atomic E-state index is 12.9. The van der Waals surface area contributed by atoms with Crippen LogP contribution in [0, 0.1) is 0 Å². The monoisotopic (exact) mass is 309 g/mol. The Labute approximate surface area is 127 Å². The lowest BCUT2D eigenvalue weighted by Crippen LogP contribution is -2.15. The number of nitrogens with one attached hydrogen (secondary N) is 1. The number of aromatic nitrogens is 2. The molecule has 0 radical (unpaired) electrons. The van der Waals surface area contributed by atoms with Crippen molar-refractivity contribution in [3.05, 3.63) is 41.1 Å². The van der Waals surface area contributed by atoms with E-state index in [2.05, 4.69) is 31.2 Å². The molecule has 22 heavy (non-hydrogen) atoms. The third kappa shape index (κ3) is 2.46. The largest absolute Gasteiger partial charge is 0.416 e. The van der Waals surface area contributed by atoms with Crippen LogP contribution in [0.15, 0.2) is 24.3 Å². The summed E-state index contributed by atoms with van der Waals surface area (Å²) in [6.07, 6.45) is -3.51. The lowest BCUT2D eigenvalue weighted by atomic mass is 9.89. The summed E-state index contributed by atoms with van der Waals surface area (Å²) < 4.78 is 40.3. The Bertz CT molecular complexity index is 708. The van der Waals surface area contributed by atoms with E-state index >= 15 is 0 Å². The normalized spacial score (nSPS) is 14.8. The summed E-state index contributed by atoms with van der Waals surface area (Å²) in [5.41, 5.74) is 1.65. The van der Waals surface area contributed by atoms with E-state index in [1.807, 2.05) is 0 Å². The summed E-state index contributed by atoms with van der Waals surface area (Å²) >= 11 is 0. The maximum absolute atomic E-state index is 12.9. The molecule has 1 aliphatic heterocycles. The molecule has 0 amide bonds. The van der Waals surface area contributed by atoms with Gasteiger partial charge in [0.25, 0.3) is 0 Å². The molecule has 0 saturated heterocycles. The van der Waals surface area contributed by atoms with Crippen molar-refractivity contribution < 1.29 is 13.2 Å². The molecule has 1 aromatic carbocycles. The first-order chi connectivity index (χ1) is 10.2. The van der Waals surface area contributed by atoms with Gasteiger partial charge in [0.2, 0.25) is 0 Å². The molecule has 3 rings (SSSR count). The number of anilines is 1. The van der Waals surface area contributed by atoms with Crippen molar-refractivity contribution in [2.45, 2.75) is 38.8 Å². The smallest absolute Gasteiger partial charge is 0.369 e. The van der Waals surface area contributed by atoms with Crippen LogP contribution in [0.4, 0.5) is 19.0 Å². The number of rotatable bonds is 1. The van der Waals surface area contributed by atoms with Crippen LogP contribution in [-0.2, 0) is 18.0 Å². The molecule has 0 fully saturated rings. The van der Waals surface area contributed by atoms with Crippen molar-refractivity contribution in [2.24, 2.45) is 0 Å². The summed E-state index contributed by atoms with van der Waals surface area (Å²) in [7, 11) is 0. The number of fused-ring (bicyclic) bond motifs is 1.